The molecule has 1 aromatic heterocycles. The zero-order chi connectivity index (χ0) is 17.1. The molecule has 3 nitrogen and oxygen atoms in total. The largest absolute Gasteiger partial charge is 0.485 e. The first-order chi connectivity index (χ1) is 11.6. The van der Waals surface area contributed by atoms with Crippen LogP contribution in [0.15, 0.2) is 30.3 Å². The highest BCUT2D eigenvalue weighted by Crippen LogP contribution is 2.32. The van der Waals surface area contributed by atoms with Crippen molar-refractivity contribution in [1.29, 1.82) is 0 Å². The molecule has 0 unspecified atom stereocenters. The second-order valence-electron chi connectivity index (χ2n) is 6.62. The van der Waals surface area contributed by atoms with Crippen LogP contribution >= 0.6 is 0 Å². The Hall–Kier alpha value is -2.10. The molecule has 0 radical (unpaired) electrons. The van der Waals surface area contributed by atoms with Crippen molar-refractivity contribution in [1.82, 2.24) is 4.57 Å². The number of ketones is 1. The number of hydrogen-bond donors (Lipinski definition) is 0. The minimum absolute atomic E-state index is 0.0607. The van der Waals surface area contributed by atoms with Crippen LogP contribution in [-0.2, 0) is 0 Å². The van der Waals surface area contributed by atoms with E-state index in [0.29, 0.717) is 11.8 Å². The molecule has 0 spiro atoms. The number of hydrogen-bond acceptors (Lipinski definition) is 2. The third-order valence-electron chi connectivity index (χ3n) is 4.89. The summed E-state index contributed by atoms with van der Waals surface area (Å²) in [5.74, 6) is -0.0470. The smallest absolute Gasteiger partial charge is 0.202 e. The van der Waals surface area contributed by atoms with Crippen molar-refractivity contribution >= 4 is 5.78 Å². The highest BCUT2D eigenvalue weighted by molar-refractivity contribution is 5.98. The molecule has 24 heavy (non-hydrogen) atoms. The number of benzene rings is 1. The van der Waals surface area contributed by atoms with Gasteiger partial charge in [-0.15, -0.1) is 0 Å². The van der Waals surface area contributed by atoms with E-state index >= 15 is 0 Å². The van der Waals surface area contributed by atoms with Crippen LogP contribution in [0.4, 0.5) is 4.39 Å². The molecule has 2 aromatic rings. The number of halogens is 1. The summed E-state index contributed by atoms with van der Waals surface area (Å²) in [5, 5.41) is 0. The summed E-state index contributed by atoms with van der Waals surface area (Å²) in [4.78, 5) is 12.5. The van der Waals surface area contributed by atoms with Gasteiger partial charge in [0, 0.05) is 29.1 Å². The van der Waals surface area contributed by atoms with Crippen molar-refractivity contribution in [2.45, 2.75) is 52.0 Å². The summed E-state index contributed by atoms with van der Waals surface area (Å²) < 4.78 is 20.9. The minimum atomic E-state index is -0.365. The molecule has 0 aliphatic heterocycles. The highest BCUT2D eigenvalue weighted by atomic mass is 19.1. The summed E-state index contributed by atoms with van der Waals surface area (Å²) in [7, 11) is 0. The zero-order valence-corrected chi connectivity index (χ0v) is 14.3. The normalized spacial score (nSPS) is 15.5. The first-order valence-corrected chi connectivity index (χ1v) is 8.66. The second kappa shape index (κ2) is 7.20. The molecule has 3 rings (SSSR count). The number of nitrogens with zero attached hydrogens (tertiary/aromatic N) is 1. The molecule has 0 N–H and O–H groups in total. The van der Waals surface area contributed by atoms with Crippen LogP contribution in [0.1, 0.15) is 59.9 Å². The van der Waals surface area contributed by atoms with Gasteiger partial charge in [-0.2, -0.15) is 0 Å². The molecular weight excluding hydrogens is 305 g/mol. The molecule has 1 saturated carbocycles. The number of rotatable bonds is 5. The Balaban J connectivity index is 1.73. The van der Waals surface area contributed by atoms with Gasteiger partial charge in [0.25, 0.3) is 0 Å². The number of carbonyl (C=O) groups is 1. The molecular formula is C20H24FNO2. The van der Waals surface area contributed by atoms with Gasteiger partial charge in [0.2, 0.25) is 5.78 Å². The Morgan fingerprint density at radius 2 is 1.96 bits per heavy atom. The van der Waals surface area contributed by atoms with Crippen LogP contribution in [0.25, 0.3) is 0 Å². The number of aromatic nitrogens is 1. The fraction of sp³-hybridized carbons (Fsp3) is 0.450. The Labute approximate surface area is 142 Å². The van der Waals surface area contributed by atoms with Crippen LogP contribution in [0, 0.1) is 19.7 Å². The second-order valence-corrected chi connectivity index (χ2v) is 6.62. The van der Waals surface area contributed by atoms with E-state index in [4.69, 9.17) is 4.74 Å². The van der Waals surface area contributed by atoms with E-state index in [2.05, 4.69) is 11.5 Å². The maximum Gasteiger partial charge on any atom is 0.202 e. The van der Waals surface area contributed by atoms with Crippen molar-refractivity contribution in [3.63, 3.8) is 0 Å². The van der Waals surface area contributed by atoms with Crippen LogP contribution in [0.3, 0.4) is 0 Å². The molecule has 0 amide bonds. The fourth-order valence-corrected chi connectivity index (χ4v) is 3.74. The van der Waals surface area contributed by atoms with Crippen molar-refractivity contribution < 1.29 is 13.9 Å². The monoisotopic (exact) mass is 329 g/mol. The van der Waals surface area contributed by atoms with Crippen LogP contribution in [-0.4, -0.2) is 17.0 Å². The maximum atomic E-state index is 13.2. The minimum Gasteiger partial charge on any atom is -0.485 e. The quantitative estimate of drug-likeness (QED) is 0.722. The van der Waals surface area contributed by atoms with Crippen molar-refractivity contribution in [2.24, 2.45) is 0 Å². The molecule has 0 atom stereocenters. The molecule has 1 aliphatic carbocycles. The van der Waals surface area contributed by atoms with Crippen LogP contribution < -0.4 is 4.74 Å². The Kier molecular flexibility index (Phi) is 5.03. The van der Waals surface area contributed by atoms with E-state index in [1.54, 1.807) is 12.1 Å². The van der Waals surface area contributed by atoms with Crippen molar-refractivity contribution in [3.05, 3.63) is 53.1 Å². The van der Waals surface area contributed by atoms with Gasteiger partial charge in [-0.05, 0) is 44.9 Å². The lowest BCUT2D eigenvalue weighted by atomic mass is 9.95. The number of carbonyl (C=O) groups excluding carboxylic acids is 1. The lowest BCUT2D eigenvalue weighted by molar-refractivity contribution is 0.0920. The average Bonchev–Trinajstić information content (AvgIpc) is 2.88. The Morgan fingerprint density at radius 3 is 2.67 bits per heavy atom. The predicted octanol–water partition coefficient (Wildman–Crippen LogP) is 5.01. The van der Waals surface area contributed by atoms with E-state index in [1.165, 1.54) is 44.2 Å². The third-order valence-corrected chi connectivity index (χ3v) is 4.89. The number of Topliss-reactive ketones (excluding diaryl/α,β-unsaturated/α-hetero) is 1. The fourth-order valence-electron chi connectivity index (χ4n) is 3.74. The summed E-state index contributed by atoms with van der Waals surface area (Å²) >= 11 is 0. The lowest BCUT2D eigenvalue weighted by Crippen LogP contribution is -2.17. The maximum absolute atomic E-state index is 13.2. The van der Waals surface area contributed by atoms with Gasteiger partial charge >= 0.3 is 0 Å². The molecule has 128 valence electrons. The van der Waals surface area contributed by atoms with Gasteiger partial charge in [-0.3, -0.25) is 4.79 Å². The van der Waals surface area contributed by atoms with Gasteiger partial charge < -0.3 is 9.30 Å². The molecule has 1 aliphatic rings. The topological polar surface area (TPSA) is 31.2 Å². The standard InChI is InChI=1S/C20H24FNO2/c1-14-11-19(15(2)22(14)17-8-4-3-5-9-17)20(23)13-24-18-10-6-7-16(21)12-18/h6-7,10-12,17H,3-5,8-9,13H2,1-2H3. The third kappa shape index (κ3) is 3.53. The lowest BCUT2D eigenvalue weighted by Gasteiger charge is -2.26. The molecule has 4 heteroatoms. The van der Waals surface area contributed by atoms with Gasteiger partial charge in [0.05, 0.1) is 0 Å². The number of ether oxygens (including phenoxy) is 1. The first-order valence-electron chi connectivity index (χ1n) is 8.66. The SMILES string of the molecule is Cc1cc(C(=O)COc2cccc(F)c2)c(C)n1C1CCCCC1. The first kappa shape index (κ1) is 16.7. The highest BCUT2D eigenvalue weighted by Gasteiger charge is 2.22. The molecule has 0 bridgehead atoms. The molecule has 0 saturated heterocycles. The summed E-state index contributed by atoms with van der Waals surface area (Å²) in [5.41, 5.74) is 2.87. The van der Waals surface area contributed by atoms with E-state index in [9.17, 15) is 9.18 Å². The summed E-state index contributed by atoms with van der Waals surface area (Å²) in [6.45, 7) is 4.00. The van der Waals surface area contributed by atoms with Gasteiger partial charge in [0.15, 0.2) is 6.61 Å². The summed E-state index contributed by atoms with van der Waals surface area (Å²) in [6.07, 6.45) is 6.19. The predicted molar refractivity (Wildman–Crippen MR) is 92.3 cm³/mol. The number of aryl methyl sites for hydroxylation is 1. The molecule has 1 aromatic carbocycles. The van der Waals surface area contributed by atoms with E-state index in [1.807, 2.05) is 13.0 Å². The van der Waals surface area contributed by atoms with E-state index in [-0.39, 0.29) is 18.2 Å². The van der Waals surface area contributed by atoms with E-state index < -0.39 is 0 Å². The van der Waals surface area contributed by atoms with Crippen LogP contribution in [0.2, 0.25) is 0 Å². The summed E-state index contributed by atoms with van der Waals surface area (Å²) in [6, 6.07) is 8.34. The van der Waals surface area contributed by atoms with Gasteiger partial charge in [-0.25, -0.2) is 4.39 Å². The Bertz CT molecular complexity index is 729. The zero-order valence-electron chi connectivity index (χ0n) is 14.3. The molecule has 1 heterocycles. The Morgan fingerprint density at radius 1 is 1.21 bits per heavy atom. The van der Waals surface area contributed by atoms with Crippen molar-refractivity contribution in [3.8, 4) is 5.75 Å². The van der Waals surface area contributed by atoms with Gasteiger partial charge in [0.1, 0.15) is 11.6 Å². The van der Waals surface area contributed by atoms with Crippen molar-refractivity contribution in [2.75, 3.05) is 6.61 Å². The van der Waals surface area contributed by atoms with Crippen LogP contribution in [0.5, 0.6) is 5.75 Å². The average molecular weight is 329 g/mol. The van der Waals surface area contributed by atoms with E-state index in [0.717, 1.165) is 17.0 Å². The molecule has 1 fully saturated rings. The van der Waals surface area contributed by atoms with Gasteiger partial charge in [-0.1, -0.05) is 25.3 Å².